The van der Waals surface area contributed by atoms with Gasteiger partial charge in [0.15, 0.2) is 0 Å². The summed E-state index contributed by atoms with van der Waals surface area (Å²) in [6, 6.07) is 0.250. The number of hydrogen-bond donors (Lipinski definition) is 1. The summed E-state index contributed by atoms with van der Waals surface area (Å²) in [5.41, 5.74) is 1.70. The quantitative estimate of drug-likeness (QED) is 0.848. The van der Waals surface area contributed by atoms with Gasteiger partial charge in [-0.25, -0.2) is 14.8 Å². The topological polar surface area (TPSA) is 74.3 Å². The number of aromatic amines is 1. The van der Waals surface area contributed by atoms with Crippen LogP contribution in [0.15, 0.2) is 12.5 Å². The summed E-state index contributed by atoms with van der Waals surface area (Å²) >= 11 is 0. The first-order chi connectivity index (χ1) is 12.3. The minimum absolute atomic E-state index is 0.220. The zero-order valence-electron chi connectivity index (χ0n) is 16.0. The molecule has 7 heteroatoms. The van der Waals surface area contributed by atoms with Crippen molar-refractivity contribution >= 4 is 22.9 Å². The molecule has 2 atom stereocenters. The zero-order chi connectivity index (χ0) is 18.5. The highest BCUT2D eigenvalue weighted by molar-refractivity contribution is 5.92. The van der Waals surface area contributed by atoms with Gasteiger partial charge >= 0.3 is 6.09 Å². The third-order valence-corrected chi connectivity index (χ3v) is 5.24. The van der Waals surface area contributed by atoms with Gasteiger partial charge in [-0.2, -0.15) is 0 Å². The molecule has 1 unspecified atom stereocenters. The summed E-state index contributed by atoms with van der Waals surface area (Å²) < 4.78 is 5.57. The maximum absolute atomic E-state index is 12.5. The van der Waals surface area contributed by atoms with Gasteiger partial charge in [-0.15, -0.1) is 0 Å². The zero-order valence-corrected chi connectivity index (χ0v) is 16.0. The Labute approximate surface area is 153 Å². The lowest BCUT2D eigenvalue weighted by Crippen LogP contribution is -2.52. The molecule has 0 aromatic carbocycles. The Morgan fingerprint density at radius 3 is 2.88 bits per heavy atom. The van der Waals surface area contributed by atoms with Crippen molar-refractivity contribution in [1.29, 1.82) is 0 Å². The molecule has 0 bridgehead atoms. The Hall–Kier alpha value is -2.31. The third-order valence-electron chi connectivity index (χ3n) is 5.24. The van der Waals surface area contributed by atoms with Gasteiger partial charge in [0, 0.05) is 37.8 Å². The smallest absolute Gasteiger partial charge is 0.410 e. The maximum atomic E-state index is 12.5. The lowest BCUT2D eigenvalue weighted by Gasteiger charge is -2.42. The van der Waals surface area contributed by atoms with E-state index in [0.717, 1.165) is 42.8 Å². The summed E-state index contributed by atoms with van der Waals surface area (Å²) in [5.74, 6) is 1.39. The number of carbonyl (C=O) groups excluding carboxylic acids is 1. The van der Waals surface area contributed by atoms with Crippen molar-refractivity contribution in [3.8, 4) is 0 Å². The van der Waals surface area contributed by atoms with E-state index in [-0.39, 0.29) is 12.1 Å². The molecule has 7 nitrogen and oxygen atoms in total. The summed E-state index contributed by atoms with van der Waals surface area (Å²) in [7, 11) is 0. The Balaban J connectivity index is 1.59. The first-order valence-electron chi connectivity index (χ1n) is 9.40. The van der Waals surface area contributed by atoms with Crippen LogP contribution >= 0.6 is 0 Å². The Kier molecular flexibility index (Phi) is 4.04. The molecule has 2 aliphatic rings. The van der Waals surface area contributed by atoms with Crippen molar-refractivity contribution in [2.75, 3.05) is 24.5 Å². The molecule has 4 heterocycles. The van der Waals surface area contributed by atoms with Crippen LogP contribution in [-0.4, -0.2) is 57.2 Å². The van der Waals surface area contributed by atoms with Crippen LogP contribution < -0.4 is 4.90 Å². The SMILES string of the molecule is CC1CN([C@@H]2CCCN(C(=O)OC(C)(C)C)C2)c2ncnc3[nH]cc1c23. The van der Waals surface area contributed by atoms with E-state index in [1.807, 2.05) is 25.7 Å². The number of ether oxygens (including phenoxy) is 1. The van der Waals surface area contributed by atoms with Crippen LogP contribution in [0.1, 0.15) is 52.0 Å². The minimum Gasteiger partial charge on any atom is -0.444 e. The number of nitrogens with one attached hydrogen (secondary N) is 1. The molecule has 1 amide bonds. The molecule has 1 saturated heterocycles. The largest absolute Gasteiger partial charge is 0.444 e. The lowest BCUT2D eigenvalue weighted by molar-refractivity contribution is 0.0197. The number of piperidine rings is 1. The molecule has 2 aromatic heterocycles. The number of H-pyrrole nitrogens is 1. The predicted molar refractivity (Wildman–Crippen MR) is 100 cm³/mol. The van der Waals surface area contributed by atoms with Gasteiger partial charge in [0.1, 0.15) is 23.4 Å². The standard InChI is InChI=1S/C19H27N5O2/c1-12-9-24(17-15-14(12)8-20-16(15)21-11-22-17)13-6-5-7-23(10-13)18(25)26-19(2,3)4/h8,11-13H,5-7,9-10H2,1-4H3,(H,20,21,22)/t12?,13-/m1/s1. The first-order valence-corrected chi connectivity index (χ1v) is 9.40. The molecule has 140 valence electrons. The average Bonchev–Trinajstić information content (AvgIpc) is 3.02. The fourth-order valence-electron chi connectivity index (χ4n) is 4.08. The molecule has 1 N–H and O–H groups in total. The van der Waals surface area contributed by atoms with E-state index in [1.54, 1.807) is 6.33 Å². The Morgan fingerprint density at radius 2 is 2.12 bits per heavy atom. The molecular weight excluding hydrogens is 330 g/mol. The van der Waals surface area contributed by atoms with Gasteiger partial charge in [-0.05, 0) is 39.2 Å². The van der Waals surface area contributed by atoms with Crippen LogP contribution in [0.3, 0.4) is 0 Å². The van der Waals surface area contributed by atoms with E-state index < -0.39 is 5.60 Å². The van der Waals surface area contributed by atoms with Gasteiger partial charge in [0.2, 0.25) is 0 Å². The summed E-state index contributed by atoms with van der Waals surface area (Å²) in [6.45, 7) is 10.3. The van der Waals surface area contributed by atoms with Gasteiger partial charge in [0.25, 0.3) is 0 Å². The van der Waals surface area contributed by atoms with Crippen LogP contribution in [-0.2, 0) is 4.74 Å². The molecule has 1 fully saturated rings. The van der Waals surface area contributed by atoms with Gasteiger partial charge in [0.05, 0.1) is 5.39 Å². The van der Waals surface area contributed by atoms with Crippen molar-refractivity contribution in [2.45, 2.75) is 58.1 Å². The normalized spacial score (nSPS) is 23.4. The maximum Gasteiger partial charge on any atom is 0.410 e. The molecule has 0 spiro atoms. The Morgan fingerprint density at radius 1 is 1.31 bits per heavy atom. The molecule has 2 aromatic rings. The van der Waals surface area contributed by atoms with Crippen LogP contribution in [0.2, 0.25) is 0 Å². The fraction of sp³-hybridized carbons (Fsp3) is 0.632. The number of anilines is 1. The third kappa shape index (κ3) is 2.99. The number of nitrogens with zero attached hydrogens (tertiary/aromatic N) is 4. The van der Waals surface area contributed by atoms with Crippen LogP contribution in [0.25, 0.3) is 11.0 Å². The van der Waals surface area contributed by atoms with Crippen LogP contribution in [0.5, 0.6) is 0 Å². The van der Waals surface area contributed by atoms with Gasteiger partial charge in [-0.1, -0.05) is 6.92 Å². The van der Waals surface area contributed by atoms with Gasteiger partial charge in [-0.3, -0.25) is 0 Å². The van der Waals surface area contributed by atoms with Crippen molar-refractivity contribution in [3.05, 3.63) is 18.1 Å². The van der Waals surface area contributed by atoms with Crippen molar-refractivity contribution < 1.29 is 9.53 Å². The molecule has 0 saturated carbocycles. The van der Waals surface area contributed by atoms with E-state index in [1.165, 1.54) is 5.56 Å². The number of carbonyl (C=O) groups is 1. The second kappa shape index (κ2) is 6.14. The predicted octanol–water partition coefficient (Wildman–Crippen LogP) is 3.28. The number of amides is 1. The molecule has 0 aliphatic carbocycles. The number of likely N-dealkylation sites (tertiary alicyclic amines) is 1. The number of hydrogen-bond acceptors (Lipinski definition) is 5. The van der Waals surface area contributed by atoms with Crippen molar-refractivity contribution in [2.24, 2.45) is 0 Å². The first kappa shape index (κ1) is 17.1. The molecule has 26 heavy (non-hydrogen) atoms. The molecule has 2 aliphatic heterocycles. The van der Waals surface area contributed by atoms with Crippen molar-refractivity contribution in [1.82, 2.24) is 19.9 Å². The summed E-state index contributed by atoms with van der Waals surface area (Å²) in [5, 5.41) is 1.13. The second-order valence-corrected chi connectivity index (χ2v) is 8.44. The van der Waals surface area contributed by atoms with Crippen molar-refractivity contribution in [3.63, 3.8) is 0 Å². The second-order valence-electron chi connectivity index (χ2n) is 8.44. The average molecular weight is 357 g/mol. The number of rotatable bonds is 1. The van der Waals surface area contributed by atoms with E-state index >= 15 is 0 Å². The monoisotopic (exact) mass is 357 g/mol. The highest BCUT2D eigenvalue weighted by atomic mass is 16.6. The van der Waals surface area contributed by atoms with E-state index in [4.69, 9.17) is 4.74 Å². The highest BCUT2D eigenvalue weighted by Crippen LogP contribution is 2.38. The fourth-order valence-corrected chi connectivity index (χ4v) is 4.08. The van der Waals surface area contributed by atoms with E-state index in [9.17, 15) is 4.79 Å². The van der Waals surface area contributed by atoms with E-state index in [2.05, 4.69) is 33.0 Å². The minimum atomic E-state index is -0.470. The van der Waals surface area contributed by atoms with Crippen LogP contribution in [0, 0.1) is 0 Å². The summed E-state index contributed by atoms with van der Waals surface area (Å²) in [4.78, 5) is 28.9. The summed E-state index contributed by atoms with van der Waals surface area (Å²) in [6.07, 6.45) is 5.48. The molecular formula is C19H27N5O2. The van der Waals surface area contributed by atoms with Crippen LogP contribution in [0.4, 0.5) is 10.6 Å². The molecule has 4 rings (SSSR count). The van der Waals surface area contributed by atoms with E-state index in [0.29, 0.717) is 12.5 Å². The Bertz CT molecular complexity index is 825. The van der Waals surface area contributed by atoms with Gasteiger partial charge < -0.3 is 19.5 Å². The highest BCUT2D eigenvalue weighted by Gasteiger charge is 2.35. The number of aromatic nitrogens is 3. The molecule has 0 radical (unpaired) electrons. The lowest BCUT2D eigenvalue weighted by atomic mass is 9.94.